The van der Waals surface area contributed by atoms with Gasteiger partial charge in [-0.2, -0.15) is 0 Å². The van der Waals surface area contributed by atoms with Crippen molar-refractivity contribution in [2.45, 2.75) is 6.92 Å². The van der Waals surface area contributed by atoms with Crippen molar-refractivity contribution in [3.05, 3.63) is 0 Å². The first-order valence-electron chi connectivity index (χ1n) is 2.29. The third kappa shape index (κ3) is 5.32. The lowest BCUT2D eigenvalue weighted by molar-refractivity contribution is -0.119. The molecule has 0 heterocycles. The van der Waals surface area contributed by atoms with E-state index in [0.717, 1.165) is 11.8 Å². The van der Waals surface area contributed by atoms with E-state index in [9.17, 15) is 9.59 Å². The van der Waals surface area contributed by atoms with Crippen LogP contribution in [-0.2, 0) is 9.59 Å². The Balaban J connectivity index is 3.28. The van der Waals surface area contributed by atoms with Gasteiger partial charge in [-0.1, -0.05) is 11.8 Å². The van der Waals surface area contributed by atoms with E-state index < -0.39 is 0 Å². The molecule has 0 unspecified atom stereocenters. The van der Waals surface area contributed by atoms with Gasteiger partial charge in [0.05, 0.1) is 5.75 Å². The highest BCUT2D eigenvalue weighted by atomic mass is 32.2. The number of hydrogen-bond donors (Lipinski definition) is 2. The van der Waals surface area contributed by atoms with Gasteiger partial charge in [-0.05, 0) is 0 Å². The highest BCUT2D eigenvalue weighted by molar-refractivity contribution is 8.14. The van der Waals surface area contributed by atoms with Gasteiger partial charge in [-0.25, -0.2) is 5.84 Å². The average Bonchev–Trinajstić information content (AvgIpc) is 1.83. The first-order valence-corrected chi connectivity index (χ1v) is 3.28. The van der Waals surface area contributed by atoms with Gasteiger partial charge in [0.2, 0.25) is 5.91 Å². The van der Waals surface area contributed by atoms with Crippen molar-refractivity contribution in [1.82, 2.24) is 5.43 Å². The van der Waals surface area contributed by atoms with Crippen LogP contribution in [0.4, 0.5) is 0 Å². The van der Waals surface area contributed by atoms with Gasteiger partial charge in [0.1, 0.15) is 0 Å². The molecule has 0 aliphatic rings. The van der Waals surface area contributed by atoms with E-state index in [2.05, 4.69) is 0 Å². The second kappa shape index (κ2) is 4.34. The van der Waals surface area contributed by atoms with Crippen molar-refractivity contribution in [1.29, 1.82) is 0 Å². The summed E-state index contributed by atoms with van der Waals surface area (Å²) in [6, 6.07) is 0. The molecule has 1 amide bonds. The zero-order valence-electron chi connectivity index (χ0n) is 5.01. The predicted octanol–water partition coefficient (Wildman–Crippen LogP) is -0.744. The lowest BCUT2D eigenvalue weighted by Crippen LogP contribution is -2.31. The van der Waals surface area contributed by atoms with E-state index in [1.807, 2.05) is 5.43 Å². The summed E-state index contributed by atoms with van der Waals surface area (Å²) in [4.78, 5) is 20.5. The molecule has 9 heavy (non-hydrogen) atoms. The fourth-order valence-corrected chi connectivity index (χ4v) is 0.627. The van der Waals surface area contributed by atoms with Crippen molar-refractivity contribution >= 4 is 22.8 Å². The van der Waals surface area contributed by atoms with Gasteiger partial charge < -0.3 is 0 Å². The molecule has 5 heteroatoms. The Morgan fingerprint density at radius 1 is 1.67 bits per heavy atom. The molecule has 0 rings (SSSR count). The molecular weight excluding hydrogens is 140 g/mol. The normalized spacial score (nSPS) is 8.67. The maximum Gasteiger partial charge on any atom is 0.244 e. The number of nitrogens with two attached hydrogens (primary N) is 1. The number of carbonyl (C=O) groups excluding carboxylic acids is 2. The van der Waals surface area contributed by atoms with Crippen LogP contribution in [0.3, 0.4) is 0 Å². The maximum absolute atomic E-state index is 10.3. The number of amides is 1. The van der Waals surface area contributed by atoms with E-state index >= 15 is 0 Å². The molecule has 0 spiro atoms. The summed E-state index contributed by atoms with van der Waals surface area (Å²) in [5, 5.41) is -0.0846. The molecule has 0 fully saturated rings. The molecule has 4 nitrogen and oxygen atoms in total. The van der Waals surface area contributed by atoms with Crippen LogP contribution in [-0.4, -0.2) is 16.8 Å². The number of hydrazine groups is 1. The fourth-order valence-electron chi connectivity index (χ4n) is 0.209. The zero-order valence-corrected chi connectivity index (χ0v) is 5.83. The summed E-state index contributed by atoms with van der Waals surface area (Å²) in [6.45, 7) is 1.40. The van der Waals surface area contributed by atoms with Crippen molar-refractivity contribution in [2.24, 2.45) is 5.84 Å². The summed E-state index contributed by atoms with van der Waals surface area (Å²) in [5.74, 6) is 4.50. The monoisotopic (exact) mass is 148 g/mol. The third-order valence-corrected chi connectivity index (χ3v) is 1.38. The molecule has 0 aliphatic heterocycles. The number of rotatable bonds is 2. The summed E-state index contributed by atoms with van der Waals surface area (Å²) in [5.41, 5.74) is 1.91. The number of carbonyl (C=O) groups is 2. The molecule has 0 aromatic carbocycles. The van der Waals surface area contributed by atoms with E-state index in [1.165, 1.54) is 6.92 Å². The minimum absolute atomic E-state index is 0.0846. The SMILES string of the molecule is CC(=O)SCC(=O)NN. The Bertz CT molecular complexity index is 126. The molecule has 3 N–H and O–H groups in total. The number of thioether (sulfide) groups is 1. The van der Waals surface area contributed by atoms with Crippen LogP contribution >= 0.6 is 11.8 Å². The molecule has 0 aromatic heterocycles. The smallest absolute Gasteiger partial charge is 0.244 e. The van der Waals surface area contributed by atoms with E-state index in [-0.39, 0.29) is 16.8 Å². The lowest BCUT2D eigenvalue weighted by Gasteiger charge is -1.93. The molecule has 0 bridgehead atoms. The van der Waals surface area contributed by atoms with Gasteiger partial charge in [-0.3, -0.25) is 15.0 Å². The van der Waals surface area contributed by atoms with Crippen LogP contribution in [0.25, 0.3) is 0 Å². The number of nitrogens with one attached hydrogen (secondary N) is 1. The Morgan fingerprint density at radius 3 is 2.56 bits per heavy atom. The van der Waals surface area contributed by atoms with Crippen LogP contribution in [0, 0.1) is 0 Å². The van der Waals surface area contributed by atoms with Gasteiger partial charge in [-0.15, -0.1) is 0 Å². The number of hydrogen-bond acceptors (Lipinski definition) is 4. The fraction of sp³-hybridized carbons (Fsp3) is 0.500. The van der Waals surface area contributed by atoms with E-state index in [4.69, 9.17) is 5.84 Å². The van der Waals surface area contributed by atoms with Crippen molar-refractivity contribution in [2.75, 3.05) is 5.75 Å². The Morgan fingerprint density at radius 2 is 2.22 bits per heavy atom. The first kappa shape index (κ1) is 8.45. The Labute approximate surface area is 57.1 Å². The predicted molar refractivity (Wildman–Crippen MR) is 35.5 cm³/mol. The van der Waals surface area contributed by atoms with Crippen LogP contribution in [0.2, 0.25) is 0 Å². The van der Waals surface area contributed by atoms with Crippen LogP contribution < -0.4 is 11.3 Å². The van der Waals surface area contributed by atoms with Crippen LogP contribution in [0.5, 0.6) is 0 Å². The van der Waals surface area contributed by atoms with E-state index in [0.29, 0.717) is 0 Å². The van der Waals surface area contributed by atoms with Crippen LogP contribution in [0.1, 0.15) is 6.92 Å². The maximum atomic E-state index is 10.3. The molecule has 0 saturated heterocycles. The van der Waals surface area contributed by atoms with Gasteiger partial charge in [0.25, 0.3) is 0 Å². The second-order valence-electron chi connectivity index (χ2n) is 1.35. The van der Waals surface area contributed by atoms with Crippen molar-refractivity contribution in [3.63, 3.8) is 0 Å². The summed E-state index contributed by atoms with van der Waals surface area (Å²) in [7, 11) is 0. The lowest BCUT2D eigenvalue weighted by atomic mass is 10.7. The quantitative estimate of drug-likeness (QED) is 0.307. The second-order valence-corrected chi connectivity index (χ2v) is 2.50. The summed E-state index contributed by atoms with van der Waals surface area (Å²) < 4.78 is 0. The van der Waals surface area contributed by atoms with Gasteiger partial charge in [0, 0.05) is 6.92 Å². The highest BCUT2D eigenvalue weighted by Crippen LogP contribution is 1.98. The molecule has 0 aromatic rings. The molecule has 0 saturated carbocycles. The third-order valence-electron chi connectivity index (χ3n) is 0.568. The van der Waals surface area contributed by atoms with Crippen molar-refractivity contribution < 1.29 is 9.59 Å². The van der Waals surface area contributed by atoms with Crippen molar-refractivity contribution in [3.8, 4) is 0 Å². The molecule has 0 atom stereocenters. The minimum atomic E-state index is -0.338. The Kier molecular flexibility index (Phi) is 4.08. The van der Waals surface area contributed by atoms with E-state index in [1.54, 1.807) is 0 Å². The summed E-state index contributed by atoms with van der Waals surface area (Å²) in [6.07, 6.45) is 0. The molecular formula is C4H8N2O2S. The molecule has 0 radical (unpaired) electrons. The molecule has 52 valence electrons. The zero-order chi connectivity index (χ0) is 7.28. The standard InChI is InChI=1S/C4H8N2O2S/c1-3(7)9-2-4(8)6-5/h2,5H2,1H3,(H,6,8). The van der Waals surface area contributed by atoms with Crippen LogP contribution in [0.15, 0.2) is 0 Å². The summed E-state index contributed by atoms with van der Waals surface area (Å²) >= 11 is 0.933. The average molecular weight is 148 g/mol. The largest absolute Gasteiger partial charge is 0.294 e. The first-order chi connectivity index (χ1) is 4.16. The van der Waals surface area contributed by atoms with Gasteiger partial charge in [0.15, 0.2) is 5.12 Å². The highest BCUT2D eigenvalue weighted by Gasteiger charge is 1.99. The topological polar surface area (TPSA) is 72.2 Å². The minimum Gasteiger partial charge on any atom is -0.294 e. The van der Waals surface area contributed by atoms with Gasteiger partial charge >= 0.3 is 0 Å². The Hall–Kier alpha value is -0.550. The molecule has 0 aliphatic carbocycles.